The summed E-state index contributed by atoms with van der Waals surface area (Å²) in [4.78, 5) is 13.4. The van der Waals surface area contributed by atoms with Crippen LogP contribution >= 0.6 is 23.2 Å². The maximum Gasteiger partial charge on any atom is 0.221 e. The number of halogens is 2. The third-order valence-electron chi connectivity index (χ3n) is 3.33. The molecule has 3 nitrogen and oxygen atoms in total. The van der Waals surface area contributed by atoms with Gasteiger partial charge in [-0.05, 0) is 31.0 Å². The van der Waals surface area contributed by atoms with Gasteiger partial charge < -0.3 is 5.73 Å². The average Bonchev–Trinajstić information content (AvgIpc) is 2.35. The molecule has 0 spiro atoms. The fourth-order valence-electron chi connectivity index (χ4n) is 2.34. The Labute approximate surface area is 117 Å². The molecule has 98 valence electrons. The second-order valence-electron chi connectivity index (χ2n) is 4.69. The molecule has 1 aliphatic heterocycles. The number of carbonyl (C=O) groups excluding carboxylic acids is 1. The van der Waals surface area contributed by atoms with Gasteiger partial charge in [0.1, 0.15) is 0 Å². The molecule has 0 aliphatic carbocycles. The summed E-state index contributed by atoms with van der Waals surface area (Å²) >= 11 is 12.1. The molecule has 1 fully saturated rings. The Bertz CT molecular complexity index is 451. The van der Waals surface area contributed by atoms with Crippen molar-refractivity contribution in [3.8, 4) is 0 Å². The first-order valence-electron chi connectivity index (χ1n) is 6.02. The lowest BCUT2D eigenvalue weighted by molar-refractivity contribution is -0.123. The minimum Gasteiger partial charge on any atom is -0.369 e. The lowest BCUT2D eigenvalue weighted by Gasteiger charge is -2.31. The predicted molar refractivity (Wildman–Crippen MR) is 73.7 cm³/mol. The van der Waals surface area contributed by atoms with Crippen LogP contribution < -0.4 is 5.73 Å². The molecule has 1 aromatic carbocycles. The highest BCUT2D eigenvalue weighted by Gasteiger charge is 2.24. The van der Waals surface area contributed by atoms with Crippen LogP contribution in [0.15, 0.2) is 18.2 Å². The molecule has 1 heterocycles. The number of hydrogen-bond acceptors (Lipinski definition) is 2. The zero-order valence-corrected chi connectivity index (χ0v) is 11.5. The molecule has 5 heteroatoms. The van der Waals surface area contributed by atoms with Crippen molar-refractivity contribution in [3.05, 3.63) is 33.8 Å². The van der Waals surface area contributed by atoms with Gasteiger partial charge in [0.15, 0.2) is 0 Å². The number of primary amides is 1. The molecule has 0 aromatic heterocycles. The Hall–Kier alpha value is -0.770. The summed E-state index contributed by atoms with van der Waals surface area (Å²) in [6.45, 7) is 2.38. The van der Waals surface area contributed by atoms with Crippen LogP contribution in [0.25, 0.3) is 0 Å². The van der Waals surface area contributed by atoms with E-state index in [0.29, 0.717) is 23.1 Å². The van der Waals surface area contributed by atoms with E-state index in [1.807, 2.05) is 12.1 Å². The number of piperidine rings is 1. The molecule has 0 radical (unpaired) electrons. The first-order chi connectivity index (χ1) is 8.58. The van der Waals surface area contributed by atoms with Gasteiger partial charge >= 0.3 is 0 Å². The van der Waals surface area contributed by atoms with Gasteiger partial charge in [0.25, 0.3) is 0 Å². The van der Waals surface area contributed by atoms with Gasteiger partial charge in [0.05, 0.1) is 16.0 Å². The number of rotatable bonds is 3. The largest absolute Gasteiger partial charge is 0.369 e. The third-order valence-corrected chi connectivity index (χ3v) is 4.19. The van der Waals surface area contributed by atoms with E-state index in [-0.39, 0.29) is 11.8 Å². The monoisotopic (exact) mass is 286 g/mol. The Balaban J connectivity index is 2.05. The number of hydrogen-bond donors (Lipinski definition) is 1. The molecule has 2 rings (SSSR count). The van der Waals surface area contributed by atoms with Gasteiger partial charge in [-0.1, -0.05) is 35.3 Å². The molecule has 0 unspecified atom stereocenters. The molecule has 0 saturated carbocycles. The maximum absolute atomic E-state index is 11.2. The van der Waals surface area contributed by atoms with Crippen LogP contribution in [0.3, 0.4) is 0 Å². The highest BCUT2D eigenvalue weighted by molar-refractivity contribution is 6.42. The standard InChI is InChI=1S/C13H16Cl2N2O/c14-11-5-1-3-9(12(11)15)7-17-6-2-4-10(8-17)13(16)18/h1,3,5,10H,2,4,6-8H2,(H2,16,18)/t10-/m0/s1. The Morgan fingerprint density at radius 1 is 1.44 bits per heavy atom. The zero-order valence-electron chi connectivity index (χ0n) is 10.0. The fraction of sp³-hybridized carbons (Fsp3) is 0.462. The minimum atomic E-state index is -0.211. The van der Waals surface area contributed by atoms with Crippen molar-refractivity contribution >= 4 is 29.1 Å². The molecular weight excluding hydrogens is 271 g/mol. The zero-order chi connectivity index (χ0) is 13.1. The van der Waals surface area contributed by atoms with Crippen LogP contribution in [0.4, 0.5) is 0 Å². The number of amides is 1. The normalized spacial score (nSPS) is 20.9. The molecule has 1 aliphatic rings. The predicted octanol–water partition coefficient (Wildman–Crippen LogP) is 2.69. The van der Waals surface area contributed by atoms with Gasteiger partial charge in [-0.3, -0.25) is 9.69 Å². The van der Waals surface area contributed by atoms with Crippen LogP contribution in [-0.4, -0.2) is 23.9 Å². The second kappa shape index (κ2) is 5.91. The van der Waals surface area contributed by atoms with Crippen LogP contribution in [-0.2, 0) is 11.3 Å². The number of nitrogens with zero attached hydrogens (tertiary/aromatic N) is 1. The molecule has 1 atom stereocenters. The summed E-state index contributed by atoms with van der Waals surface area (Å²) in [6.07, 6.45) is 1.88. The Morgan fingerprint density at radius 3 is 2.94 bits per heavy atom. The highest BCUT2D eigenvalue weighted by atomic mass is 35.5. The quantitative estimate of drug-likeness (QED) is 0.929. The van der Waals surface area contributed by atoms with E-state index in [2.05, 4.69) is 4.90 Å². The Morgan fingerprint density at radius 2 is 2.22 bits per heavy atom. The van der Waals surface area contributed by atoms with Gasteiger partial charge in [-0.25, -0.2) is 0 Å². The summed E-state index contributed by atoms with van der Waals surface area (Å²) in [5.74, 6) is -0.256. The van der Waals surface area contributed by atoms with Crippen molar-refractivity contribution in [2.75, 3.05) is 13.1 Å². The molecule has 2 N–H and O–H groups in total. The first kappa shape index (κ1) is 13.7. The van der Waals surface area contributed by atoms with Crippen molar-refractivity contribution in [1.29, 1.82) is 0 Å². The SMILES string of the molecule is NC(=O)[C@H]1CCCN(Cc2cccc(Cl)c2Cl)C1. The lowest BCUT2D eigenvalue weighted by atomic mass is 9.97. The number of likely N-dealkylation sites (tertiary alicyclic amines) is 1. The van der Waals surface area contributed by atoms with Crippen LogP contribution in [0.2, 0.25) is 10.0 Å². The topological polar surface area (TPSA) is 46.3 Å². The van der Waals surface area contributed by atoms with Crippen molar-refractivity contribution in [2.24, 2.45) is 11.7 Å². The fourth-order valence-corrected chi connectivity index (χ4v) is 2.72. The van der Waals surface area contributed by atoms with Crippen LogP contribution in [0.5, 0.6) is 0 Å². The first-order valence-corrected chi connectivity index (χ1v) is 6.78. The van der Waals surface area contributed by atoms with E-state index in [4.69, 9.17) is 28.9 Å². The van der Waals surface area contributed by atoms with E-state index >= 15 is 0 Å². The maximum atomic E-state index is 11.2. The van der Waals surface area contributed by atoms with Gasteiger partial charge in [-0.15, -0.1) is 0 Å². The van der Waals surface area contributed by atoms with Crippen molar-refractivity contribution in [2.45, 2.75) is 19.4 Å². The Kier molecular flexibility index (Phi) is 4.49. The minimum absolute atomic E-state index is 0.0447. The molecule has 18 heavy (non-hydrogen) atoms. The van der Waals surface area contributed by atoms with E-state index in [1.165, 1.54) is 0 Å². The van der Waals surface area contributed by atoms with Crippen LogP contribution in [0.1, 0.15) is 18.4 Å². The third kappa shape index (κ3) is 3.16. The molecular formula is C13H16Cl2N2O. The van der Waals surface area contributed by atoms with Gasteiger partial charge in [0.2, 0.25) is 5.91 Å². The summed E-state index contributed by atoms with van der Waals surface area (Å²) in [7, 11) is 0. The summed E-state index contributed by atoms with van der Waals surface area (Å²) in [5, 5.41) is 1.16. The van der Waals surface area contributed by atoms with E-state index in [0.717, 1.165) is 24.9 Å². The van der Waals surface area contributed by atoms with Crippen molar-refractivity contribution in [1.82, 2.24) is 4.90 Å². The van der Waals surface area contributed by atoms with E-state index < -0.39 is 0 Å². The lowest BCUT2D eigenvalue weighted by Crippen LogP contribution is -2.40. The number of carbonyl (C=O) groups is 1. The molecule has 1 amide bonds. The molecule has 1 saturated heterocycles. The number of nitrogens with two attached hydrogens (primary N) is 1. The van der Waals surface area contributed by atoms with E-state index in [9.17, 15) is 4.79 Å². The summed E-state index contributed by atoms with van der Waals surface area (Å²) in [6, 6.07) is 5.62. The van der Waals surface area contributed by atoms with Crippen molar-refractivity contribution in [3.63, 3.8) is 0 Å². The van der Waals surface area contributed by atoms with Crippen LogP contribution in [0, 0.1) is 5.92 Å². The highest BCUT2D eigenvalue weighted by Crippen LogP contribution is 2.27. The second-order valence-corrected chi connectivity index (χ2v) is 5.47. The molecule has 0 bridgehead atoms. The average molecular weight is 287 g/mol. The smallest absolute Gasteiger partial charge is 0.221 e. The molecule has 1 aromatic rings. The number of benzene rings is 1. The summed E-state index contributed by atoms with van der Waals surface area (Å²) < 4.78 is 0. The van der Waals surface area contributed by atoms with Gasteiger partial charge in [-0.2, -0.15) is 0 Å². The van der Waals surface area contributed by atoms with Crippen molar-refractivity contribution < 1.29 is 4.79 Å². The van der Waals surface area contributed by atoms with Gasteiger partial charge in [0, 0.05) is 13.1 Å². The summed E-state index contributed by atoms with van der Waals surface area (Å²) in [5.41, 5.74) is 6.36. The van der Waals surface area contributed by atoms with E-state index in [1.54, 1.807) is 6.07 Å².